The van der Waals surface area contributed by atoms with Crippen LogP contribution in [0.5, 0.6) is 5.75 Å². The second-order valence-corrected chi connectivity index (χ2v) is 7.30. The van der Waals surface area contributed by atoms with Gasteiger partial charge in [0.1, 0.15) is 27.1 Å². The van der Waals surface area contributed by atoms with Crippen LogP contribution < -0.4 is 15.4 Å². The Bertz CT molecular complexity index is 1090. The summed E-state index contributed by atoms with van der Waals surface area (Å²) in [5.41, 5.74) is 2.00. The number of nitrogens with zero attached hydrogens (tertiary/aromatic N) is 2. The Morgan fingerprint density at radius 1 is 1.21 bits per heavy atom. The molecule has 0 saturated carbocycles. The number of esters is 1. The van der Waals surface area contributed by atoms with Crippen LogP contribution in [-0.4, -0.2) is 35.6 Å². The van der Waals surface area contributed by atoms with Gasteiger partial charge in [-0.15, -0.1) is 11.3 Å². The van der Waals surface area contributed by atoms with E-state index < -0.39 is 0 Å². The summed E-state index contributed by atoms with van der Waals surface area (Å²) in [4.78, 5) is 33.9. The molecule has 0 radical (unpaired) electrons. The Labute approximate surface area is 172 Å². The number of methoxy groups -OCH3 is 1. The van der Waals surface area contributed by atoms with Crippen LogP contribution in [0.4, 0.5) is 17.2 Å². The number of fused-ring (bicyclic) bond motifs is 1. The smallest absolute Gasteiger partial charge is 0.348 e. The monoisotopic (exact) mass is 414 g/mol. The third-order valence-corrected chi connectivity index (χ3v) is 5.30. The van der Waals surface area contributed by atoms with Gasteiger partial charge in [-0.3, -0.25) is 4.79 Å². The zero-order valence-electron chi connectivity index (χ0n) is 16.9. The largest absolute Gasteiger partial charge is 0.495 e. The summed E-state index contributed by atoms with van der Waals surface area (Å²) >= 11 is 1.28. The van der Waals surface area contributed by atoms with Gasteiger partial charge < -0.3 is 20.1 Å². The lowest BCUT2D eigenvalue weighted by molar-refractivity contribution is -0.114. The molecule has 0 aliphatic rings. The lowest BCUT2D eigenvalue weighted by Crippen LogP contribution is -2.07. The van der Waals surface area contributed by atoms with E-state index in [4.69, 9.17) is 9.47 Å². The zero-order valence-corrected chi connectivity index (χ0v) is 17.7. The molecule has 0 bridgehead atoms. The van der Waals surface area contributed by atoms with Crippen molar-refractivity contribution >= 4 is 50.6 Å². The molecular weight excluding hydrogens is 392 g/mol. The number of aromatic nitrogens is 2. The van der Waals surface area contributed by atoms with Crippen LogP contribution in [0.2, 0.25) is 0 Å². The van der Waals surface area contributed by atoms with Crippen LogP contribution in [0.3, 0.4) is 0 Å². The standard InChI is InChI=1S/C20H22N4O4S/c1-6-28-20(26)17-10(2)16-18(21-11(3)22-19(16)29-17)24-14-9-13(23-12(4)25)7-8-15(14)27-5/h7-9H,6H2,1-5H3,(H,23,25)(H,21,22,24). The van der Waals surface area contributed by atoms with E-state index in [9.17, 15) is 9.59 Å². The molecule has 8 nitrogen and oxygen atoms in total. The summed E-state index contributed by atoms with van der Waals surface area (Å²) in [6.07, 6.45) is 0. The summed E-state index contributed by atoms with van der Waals surface area (Å²) in [7, 11) is 1.56. The molecule has 9 heteroatoms. The molecule has 152 valence electrons. The van der Waals surface area contributed by atoms with Crippen LogP contribution in [0.1, 0.15) is 34.9 Å². The SMILES string of the molecule is CCOC(=O)c1sc2nc(C)nc(Nc3cc(NC(C)=O)ccc3OC)c2c1C. The quantitative estimate of drug-likeness (QED) is 0.583. The molecule has 3 rings (SSSR count). The molecule has 0 aliphatic heterocycles. The fraction of sp³-hybridized carbons (Fsp3) is 0.300. The van der Waals surface area contributed by atoms with Crippen molar-refractivity contribution in [3.8, 4) is 5.75 Å². The van der Waals surface area contributed by atoms with Crippen LogP contribution in [0.15, 0.2) is 18.2 Å². The molecule has 3 aromatic rings. The highest BCUT2D eigenvalue weighted by atomic mass is 32.1. The number of amides is 1. The van der Waals surface area contributed by atoms with Crippen LogP contribution >= 0.6 is 11.3 Å². The first-order valence-corrected chi connectivity index (χ1v) is 9.83. The Morgan fingerprint density at radius 2 is 1.97 bits per heavy atom. The molecule has 2 heterocycles. The lowest BCUT2D eigenvalue weighted by atomic mass is 10.2. The second kappa shape index (κ2) is 8.44. The van der Waals surface area contributed by atoms with Gasteiger partial charge in [-0.05, 0) is 44.5 Å². The Morgan fingerprint density at radius 3 is 2.62 bits per heavy atom. The maximum Gasteiger partial charge on any atom is 0.348 e. The molecule has 2 aromatic heterocycles. The first-order chi connectivity index (χ1) is 13.8. The summed E-state index contributed by atoms with van der Waals surface area (Å²) in [5.74, 6) is 1.15. The van der Waals surface area contributed by atoms with Gasteiger partial charge in [-0.2, -0.15) is 0 Å². The predicted molar refractivity (Wildman–Crippen MR) is 113 cm³/mol. The van der Waals surface area contributed by atoms with Gasteiger partial charge in [0.2, 0.25) is 5.91 Å². The van der Waals surface area contributed by atoms with Gasteiger partial charge in [0, 0.05) is 12.6 Å². The topological polar surface area (TPSA) is 102 Å². The predicted octanol–water partition coefficient (Wildman–Crippen LogP) is 4.20. The summed E-state index contributed by atoms with van der Waals surface area (Å²) < 4.78 is 10.6. The summed E-state index contributed by atoms with van der Waals surface area (Å²) in [6.45, 7) is 7.15. The summed E-state index contributed by atoms with van der Waals surface area (Å²) in [5, 5.41) is 6.77. The number of carbonyl (C=O) groups is 2. The highest BCUT2D eigenvalue weighted by Crippen LogP contribution is 2.37. The highest BCUT2D eigenvalue weighted by Gasteiger charge is 2.21. The fourth-order valence-corrected chi connectivity index (χ4v) is 4.06. The maximum atomic E-state index is 12.3. The number of aryl methyl sites for hydroxylation is 2. The lowest BCUT2D eigenvalue weighted by Gasteiger charge is -2.14. The van der Waals surface area contributed by atoms with E-state index >= 15 is 0 Å². The average Bonchev–Trinajstić information content (AvgIpc) is 2.98. The van der Waals surface area contributed by atoms with E-state index in [0.717, 1.165) is 10.9 Å². The van der Waals surface area contributed by atoms with E-state index in [1.807, 2.05) is 6.92 Å². The van der Waals surface area contributed by atoms with Crippen LogP contribution in [-0.2, 0) is 9.53 Å². The molecule has 0 unspecified atom stereocenters. The van der Waals surface area contributed by atoms with Crippen LogP contribution in [0, 0.1) is 13.8 Å². The van der Waals surface area contributed by atoms with E-state index in [-0.39, 0.29) is 11.9 Å². The third kappa shape index (κ3) is 4.29. The van der Waals surface area contributed by atoms with Gasteiger partial charge in [-0.1, -0.05) is 0 Å². The number of carbonyl (C=O) groups excluding carboxylic acids is 2. The Hall–Kier alpha value is -3.20. The Balaban J connectivity index is 2.10. The number of rotatable bonds is 6. The van der Waals surface area contributed by atoms with Crippen molar-refractivity contribution in [2.75, 3.05) is 24.4 Å². The van der Waals surface area contributed by atoms with Crippen molar-refractivity contribution in [2.24, 2.45) is 0 Å². The van der Waals surface area contributed by atoms with Gasteiger partial charge in [0.25, 0.3) is 0 Å². The minimum Gasteiger partial charge on any atom is -0.495 e. The molecule has 1 aromatic carbocycles. The van der Waals surface area contributed by atoms with Gasteiger partial charge >= 0.3 is 5.97 Å². The molecule has 0 aliphatic carbocycles. The fourth-order valence-electron chi connectivity index (χ4n) is 2.94. The van der Waals surface area contributed by atoms with Crippen molar-refractivity contribution in [2.45, 2.75) is 27.7 Å². The van der Waals surface area contributed by atoms with E-state index in [1.54, 1.807) is 39.2 Å². The second-order valence-electron chi connectivity index (χ2n) is 6.30. The number of ether oxygens (including phenoxy) is 2. The van der Waals surface area contributed by atoms with Gasteiger partial charge in [0.15, 0.2) is 0 Å². The first kappa shape index (κ1) is 20.5. The van der Waals surface area contributed by atoms with E-state index in [0.29, 0.717) is 45.1 Å². The number of nitrogens with one attached hydrogen (secondary N) is 2. The van der Waals surface area contributed by atoms with Crippen molar-refractivity contribution in [3.05, 3.63) is 34.5 Å². The van der Waals surface area contributed by atoms with Crippen molar-refractivity contribution in [1.29, 1.82) is 0 Å². The number of thiophene rings is 1. The number of hydrogen-bond acceptors (Lipinski definition) is 8. The molecule has 29 heavy (non-hydrogen) atoms. The van der Waals surface area contributed by atoms with Crippen molar-refractivity contribution < 1.29 is 19.1 Å². The minimum absolute atomic E-state index is 0.172. The number of benzene rings is 1. The number of hydrogen-bond donors (Lipinski definition) is 2. The van der Waals surface area contributed by atoms with Crippen molar-refractivity contribution in [1.82, 2.24) is 9.97 Å². The molecule has 0 spiro atoms. The van der Waals surface area contributed by atoms with E-state index in [2.05, 4.69) is 20.6 Å². The molecule has 0 fully saturated rings. The molecule has 0 atom stereocenters. The minimum atomic E-state index is -0.373. The maximum absolute atomic E-state index is 12.3. The van der Waals surface area contributed by atoms with Crippen LogP contribution in [0.25, 0.3) is 10.2 Å². The molecule has 1 amide bonds. The third-order valence-electron chi connectivity index (χ3n) is 4.14. The first-order valence-electron chi connectivity index (χ1n) is 9.01. The number of anilines is 3. The summed E-state index contributed by atoms with van der Waals surface area (Å²) in [6, 6.07) is 5.27. The molecule has 0 saturated heterocycles. The average molecular weight is 414 g/mol. The normalized spacial score (nSPS) is 10.7. The highest BCUT2D eigenvalue weighted by molar-refractivity contribution is 7.20. The molecule has 2 N–H and O–H groups in total. The van der Waals surface area contributed by atoms with Gasteiger partial charge in [-0.25, -0.2) is 14.8 Å². The Kier molecular flexibility index (Phi) is 5.97. The zero-order chi connectivity index (χ0) is 21.1. The van der Waals surface area contributed by atoms with Crippen molar-refractivity contribution in [3.63, 3.8) is 0 Å². The van der Waals surface area contributed by atoms with Gasteiger partial charge in [0.05, 0.1) is 24.8 Å². The van der Waals surface area contributed by atoms with E-state index in [1.165, 1.54) is 18.3 Å². The molecular formula is C20H22N4O4S.